The van der Waals surface area contributed by atoms with Gasteiger partial charge in [-0.15, -0.1) is 0 Å². The zero-order chi connectivity index (χ0) is 19.0. The summed E-state index contributed by atoms with van der Waals surface area (Å²) in [4.78, 5) is 25.3. The average Bonchev–Trinajstić information content (AvgIpc) is 3.59. The first kappa shape index (κ1) is 19.4. The molecule has 1 amide bonds. The minimum Gasteiger partial charge on any atom is -0.352 e. The van der Waals surface area contributed by atoms with E-state index in [2.05, 4.69) is 56.6 Å². The van der Waals surface area contributed by atoms with Gasteiger partial charge in [0.1, 0.15) is 0 Å². The van der Waals surface area contributed by atoms with Gasteiger partial charge in [-0.05, 0) is 113 Å². The summed E-state index contributed by atoms with van der Waals surface area (Å²) in [5, 5.41) is 2.98. The highest BCUT2D eigenvalue weighted by atomic mass is 127. The molecule has 2 aromatic carbocycles. The van der Waals surface area contributed by atoms with Crippen LogP contribution in [0.4, 0.5) is 0 Å². The van der Waals surface area contributed by atoms with Gasteiger partial charge in [0.05, 0.1) is 0 Å². The maximum atomic E-state index is 13.1. The molecule has 0 saturated heterocycles. The molecule has 0 heterocycles. The van der Waals surface area contributed by atoms with Crippen molar-refractivity contribution in [1.82, 2.24) is 5.32 Å². The number of hydrogen-bond acceptors (Lipinski definition) is 2. The number of amides is 1. The summed E-state index contributed by atoms with van der Waals surface area (Å²) in [5.74, 6) is 1.26. The monoisotopic (exact) mass is 585 g/mol. The Morgan fingerprint density at radius 1 is 1.04 bits per heavy atom. The summed E-state index contributed by atoms with van der Waals surface area (Å²) >= 11 is 4.74. The lowest BCUT2D eigenvalue weighted by Gasteiger charge is -2.12. The van der Waals surface area contributed by atoms with Gasteiger partial charge in [-0.1, -0.05) is 18.2 Å². The van der Waals surface area contributed by atoms with Gasteiger partial charge in [0.2, 0.25) is 0 Å². The first-order chi connectivity index (χ1) is 13.0. The van der Waals surface area contributed by atoms with Gasteiger partial charge >= 0.3 is 0 Å². The number of carbonyl (C=O) groups is 2. The number of Topliss-reactive ketones (excluding diaryl/α,β-unsaturated/α-hetero) is 1. The van der Waals surface area contributed by atoms with E-state index in [1.54, 1.807) is 0 Å². The summed E-state index contributed by atoms with van der Waals surface area (Å²) in [5.41, 5.74) is 2.82. The molecule has 2 aliphatic rings. The second kappa shape index (κ2) is 8.19. The lowest BCUT2D eigenvalue weighted by molar-refractivity contribution is 0.0932. The van der Waals surface area contributed by atoms with Crippen LogP contribution in [0.15, 0.2) is 42.5 Å². The van der Waals surface area contributed by atoms with E-state index >= 15 is 0 Å². The number of rotatable bonds is 7. The molecule has 140 valence electrons. The normalized spacial score (nSPS) is 21.0. The number of nitrogens with one attached hydrogen (secondary N) is 1. The first-order valence-electron chi connectivity index (χ1n) is 9.39. The summed E-state index contributed by atoms with van der Waals surface area (Å²) in [7, 11) is 0. The van der Waals surface area contributed by atoms with Gasteiger partial charge in [-0.3, -0.25) is 9.59 Å². The topological polar surface area (TPSA) is 46.2 Å². The Morgan fingerprint density at radius 2 is 1.78 bits per heavy atom. The Kier molecular flexibility index (Phi) is 5.87. The molecule has 27 heavy (non-hydrogen) atoms. The zero-order valence-electron chi connectivity index (χ0n) is 14.9. The summed E-state index contributed by atoms with van der Waals surface area (Å²) < 4.78 is 2.46. The van der Waals surface area contributed by atoms with Crippen LogP contribution in [0.1, 0.15) is 45.5 Å². The molecule has 2 aromatic rings. The minimum absolute atomic E-state index is 0.0508. The third kappa shape index (κ3) is 4.55. The summed E-state index contributed by atoms with van der Waals surface area (Å²) in [6.07, 6.45) is 4.47. The molecule has 2 unspecified atom stereocenters. The molecule has 0 bridgehead atoms. The van der Waals surface area contributed by atoms with Gasteiger partial charge < -0.3 is 5.32 Å². The van der Waals surface area contributed by atoms with Crippen LogP contribution >= 0.6 is 45.2 Å². The highest BCUT2D eigenvalue weighted by molar-refractivity contribution is 14.1. The molecule has 3 nitrogen and oxygen atoms in total. The van der Waals surface area contributed by atoms with Gasteiger partial charge in [0.25, 0.3) is 5.91 Å². The quantitative estimate of drug-likeness (QED) is 0.364. The second-order valence-corrected chi connectivity index (χ2v) is 9.82. The molecule has 4 rings (SSSR count). The lowest BCUT2D eigenvalue weighted by atomic mass is 9.96. The average molecular weight is 585 g/mol. The molecule has 1 N–H and O–H groups in total. The summed E-state index contributed by atoms with van der Waals surface area (Å²) in [6.45, 7) is 0.573. The largest absolute Gasteiger partial charge is 0.352 e. The number of ketones is 1. The fraction of sp³-hybridized carbons (Fsp3) is 0.364. The van der Waals surface area contributed by atoms with Gasteiger partial charge in [0.15, 0.2) is 5.78 Å². The third-order valence-electron chi connectivity index (χ3n) is 5.47. The van der Waals surface area contributed by atoms with Crippen LogP contribution in [0.2, 0.25) is 0 Å². The van der Waals surface area contributed by atoms with Crippen molar-refractivity contribution in [3.05, 3.63) is 66.3 Å². The van der Waals surface area contributed by atoms with Crippen LogP contribution in [0.5, 0.6) is 0 Å². The van der Waals surface area contributed by atoms with E-state index in [4.69, 9.17) is 0 Å². The Morgan fingerprint density at radius 3 is 2.48 bits per heavy atom. The van der Waals surface area contributed by atoms with E-state index in [0.29, 0.717) is 12.1 Å². The zero-order valence-corrected chi connectivity index (χ0v) is 19.2. The number of halogens is 2. The van der Waals surface area contributed by atoms with Crippen LogP contribution in [-0.4, -0.2) is 18.2 Å². The molecule has 0 aromatic heterocycles. The van der Waals surface area contributed by atoms with E-state index in [1.165, 1.54) is 25.5 Å². The highest BCUT2D eigenvalue weighted by Crippen LogP contribution is 2.43. The molecular formula is C22H21I2NO2. The van der Waals surface area contributed by atoms with E-state index < -0.39 is 0 Å². The van der Waals surface area contributed by atoms with Crippen molar-refractivity contribution >= 4 is 56.9 Å². The molecule has 2 aliphatic carbocycles. The molecule has 0 radical (unpaired) electrons. The first-order valence-corrected chi connectivity index (χ1v) is 11.5. The Balaban J connectivity index is 1.40. The van der Waals surface area contributed by atoms with Crippen molar-refractivity contribution in [2.75, 3.05) is 6.54 Å². The van der Waals surface area contributed by atoms with Crippen LogP contribution in [-0.2, 0) is 6.42 Å². The molecule has 2 atom stereocenters. The SMILES string of the molecule is O=C(NCC1CC1C(=O)c1ccc(I)c(I)c1CC1CC1)c1ccccc1. The molecular weight excluding hydrogens is 564 g/mol. The van der Waals surface area contributed by atoms with E-state index in [-0.39, 0.29) is 23.5 Å². The van der Waals surface area contributed by atoms with Crippen molar-refractivity contribution in [2.45, 2.75) is 25.7 Å². The third-order valence-corrected chi connectivity index (χ3v) is 8.63. The predicted octanol–water partition coefficient (Wildman–Crippen LogP) is 5.10. The molecule has 2 fully saturated rings. The fourth-order valence-electron chi connectivity index (χ4n) is 3.54. The fourth-order valence-corrected chi connectivity index (χ4v) is 4.74. The maximum absolute atomic E-state index is 13.1. The Bertz CT molecular complexity index is 877. The van der Waals surface area contributed by atoms with Crippen molar-refractivity contribution in [3.63, 3.8) is 0 Å². The van der Waals surface area contributed by atoms with Crippen LogP contribution < -0.4 is 5.32 Å². The number of benzene rings is 2. The molecule has 0 aliphatic heterocycles. The molecule has 0 spiro atoms. The Labute approximate surface area is 187 Å². The summed E-state index contributed by atoms with van der Waals surface area (Å²) in [6, 6.07) is 13.3. The van der Waals surface area contributed by atoms with Crippen molar-refractivity contribution in [3.8, 4) is 0 Å². The molecule has 5 heteroatoms. The van der Waals surface area contributed by atoms with Crippen molar-refractivity contribution < 1.29 is 9.59 Å². The number of hydrogen-bond donors (Lipinski definition) is 1. The smallest absolute Gasteiger partial charge is 0.251 e. The molecule has 2 saturated carbocycles. The minimum atomic E-state index is -0.0630. The van der Waals surface area contributed by atoms with Crippen LogP contribution in [0.25, 0.3) is 0 Å². The Hall–Kier alpha value is -0.960. The number of carbonyl (C=O) groups excluding carboxylic acids is 2. The second-order valence-electron chi connectivity index (χ2n) is 7.58. The highest BCUT2D eigenvalue weighted by Gasteiger charge is 2.44. The van der Waals surface area contributed by atoms with Crippen molar-refractivity contribution in [1.29, 1.82) is 0 Å². The van der Waals surface area contributed by atoms with Gasteiger partial charge in [-0.2, -0.15) is 0 Å². The standard InChI is InChI=1S/C22H21I2NO2/c23-19-9-8-16(18(20(19)24)10-13-6-7-13)21(26)17-11-15(17)12-25-22(27)14-4-2-1-3-5-14/h1-5,8-9,13,15,17H,6-7,10-12H2,(H,25,27). The van der Waals surface area contributed by atoms with Crippen molar-refractivity contribution in [2.24, 2.45) is 17.8 Å². The van der Waals surface area contributed by atoms with E-state index in [9.17, 15) is 9.59 Å². The van der Waals surface area contributed by atoms with Crippen LogP contribution in [0.3, 0.4) is 0 Å². The van der Waals surface area contributed by atoms with Gasteiger partial charge in [0, 0.05) is 30.7 Å². The lowest BCUT2D eigenvalue weighted by Crippen LogP contribution is -2.26. The predicted molar refractivity (Wildman–Crippen MR) is 123 cm³/mol. The van der Waals surface area contributed by atoms with E-state index in [0.717, 1.165) is 24.3 Å². The maximum Gasteiger partial charge on any atom is 0.251 e. The van der Waals surface area contributed by atoms with Gasteiger partial charge in [-0.25, -0.2) is 0 Å². The van der Waals surface area contributed by atoms with Crippen LogP contribution in [0, 0.1) is 24.9 Å². The van der Waals surface area contributed by atoms with E-state index in [1.807, 2.05) is 36.4 Å².